The molecule has 2 rings (SSSR count). The fourth-order valence-corrected chi connectivity index (χ4v) is 2.01. The fraction of sp³-hybridized carbons (Fsp3) is 0.455. The van der Waals surface area contributed by atoms with Gasteiger partial charge in [0.05, 0.1) is 17.1 Å². The van der Waals surface area contributed by atoms with Gasteiger partial charge in [0.2, 0.25) is 0 Å². The molecule has 1 aromatic heterocycles. The first-order valence-corrected chi connectivity index (χ1v) is 5.99. The zero-order chi connectivity index (χ0) is 14.0. The van der Waals surface area contributed by atoms with Crippen LogP contribution in [0.25, 0.3) is 0 Å². The van der Waals surface area contributed by atoms with E-state index in [0.717, 1.165) is 6.20 Å². The van der Waals surface area contributed by atoms with Gasteiger partial charge < -0.3 is 10.1 Å². The van der Waals surface area contributed by atoms with Crippen molar-refractivity contribution in [2.75, 3.05) is 13.2 Å². The molecule has 1 N–H and O–H groups in total. The molecule has 1 saturated heterocycles. The minimum absolute atomic E-state index is 0.0311. The van der Waals surface area contributed by atoms with Gasteiger partial charge in [-0.05, 0) is 19.4 Å². The van der Waals surface area contributed by atoms with Crippen LogP contribution in [-0.4, -0.2) is 34.6 Å². The highest BCUT2D eigenvalue weighted by atomic mass is 35.5. The highest BCUT2D eigenvalue weighted by Gasteiger charge is 2.33. The first kappa shape index (κ1) is 13.7. The number of amides is 1. The molecule has 1 aliphatic heterocycles. The summed E-state index contributed by atoms with van der Waals surface area (Å²) in [5.41, 5.74) is -0.983. The Morgan fingerprint density at radius 2 is 2.42 bits per heavy atom. The summed E-state index contributed by atoms with van der Waals surface area (Å²) >= 11 is 5.68. The van der Waals surface area contributed by atoms with Crippen LogP contribution in [-0.2, 0) is 4.74 Å². The lowest BCUT2D eigenvalue weighted by atomic mass is 10.0. The molecule has 0 spiro atoms. The summed E-state index contributed by atoms with van der Waals surface area (Å²) in [6.45, 7) is 2.76. The molecule has 102 valence electrons. The highest BCUT2D eigenvalue weighted by molar-refractivity contribution is 6.29. The van der Waals surface area contributed by atoms with Gasteiger partial charge in [0.25, 0.3) is 11.6 Å². The van der Waals surface area contributed by atoms with Crippen molar-refractivity contribution in [3.63, 3.8) is 0 Å². The molecule has 0 aliphatic carbocycles. The average Bonchev–Trinajstić information content (AvgIpc) is 2.75. The van der Waals surface area contributed by atoms with E-state index in [0.29, 0.717) is 19.6 Å². The number of rotatable bonds is 3. The minimum Gasteiger partial charge on any atom is -0.379 e. The zero-order valence-electron chi connectivity index (χ0n) is 10.2. The zero-order valence-corrected chi connectivity index (χ0v) is 10.9. The number of halogens is 1. The normalized spacial score (nSPS) is 22.2. The maximum atomic E-state index is 12.1. The number of carbonyl (C=O) groups excluding carboxylic acids is 1. The van der Waals surface area contributed by atoms with E-state index >= 15 is 0 Å². The van der Waals surface area contributed by atoms with Crippen LogP contribution in [0.3, 0.4) is 0 Å². The summed E-state index contributed by atoms with van der Waals surface area (Å²) in [5.74, 6) is -0.552. The van der Waals surface area contributed by atoms with Gasteiger partial charge in [-0.2, -0.15) is 0 Å². The maximum Gasteiger partial charge on any atom is 0.300 e. The lowest BCUT2D eigenvalue weighted by molar-refractivity contribution is -0.385. The van der Waals surface area contributed by atoms with Crippen molar-refractivity contribution in [3.8, 4) is 0 Å². The van der Waals surface area contributed by atoms with Gasteiger partial charge >= 0.3 is 0 Å². The Bertz CT molecular complexity index is 529. The lowest BCUT2D eigenvalue weighted by Crippen LogP contribution is -2.46. The van der Waals surface area contributed by atoms with Gasteiger partial charge in [-0.1, -0.05) is 11.6 Å². The molecule has 1 fully saturated rings. The van der Waals surface area contributed by atoms with Gasteiger partial charge in [-0.25, -0.2) is 4.98 Å². The highest BCUT2D eigenvalue weighted by Crippen LogP contribution is 2.23. The number of hydrogen-bond donors (Lipinski definition) is 1. The summed E-state index contributed by atoms with van der Waals surface area (Å²) in [6, 6.07) is 1.19. The van der Waals surface area contributed by atoms with Crippen molar-refractivity contribution in [1.82, 2.24) is 10.3 Å². The minimum atomic E-state index is -0.661. The molecule has 8 heteroatoms. The van der Waals surface area contributed by atoms with Crippen LogP contribution in [0.5, 0.6) is 0 Å². The summed E-state index contributed by atoms with van der Waals surface area (Å²) in [4.78, 5) is 25.9. The molecule has 2 heterocycles. The number of nitro groups is 1. The third kappa shape index (κ3) is 2.99. The van der Waals surface area contributed by atoms with E-state index in [1.165, 1.54) is 6.07 Å². The number of ether oxygens (including phenoxy) is 1. The molecule has 1 aromatic rings. The van der Waals surface area contributed by atoms with Crippen LogP contribution >= 0.6 is 11.6 Å². The first-order valence-electron chi connectivity index (χ1n) is 5.61. The molecule has 7 nitrogen and oxygen atoms in total. The van der Waals surface area contributed by atoms with Crippen LogP contribution in [0.15, 0.2) is 12.3 Å². The lowest BCUT2D eigenvalue weighted by Gasteiger charge is -2.23. The van der Waals surface area contributed by atoms with Crippen molar-refractivity contribution in [1.29, 1.82) is 0 Å². The number of nitrogens with one attached hydrogen (secondary N) is 1. The van der Waals surface area contributed by atoms with Crippen molar-refractivity contribution >= 4 is 23.2 Å². The summed E-state index contributed by atoms with van der Waals surface area (Å²) in [5, 5.41) is 13.6. The first-order chi connectivity index (χ1) is 8.91. The van der Waals surface area contributed by atoms with Crippen LogP contribution in [0.4, 0.5) is 5.69 Å². The Balaban J connectivity index is 2.27. The van der Waals surface area contributed by atoms with E-state index < -0.39 is 16.4 Å². The van der Waals surface area contributed by atoms with Gasteiger partial charge in [0, 0.05) is 6.61 Å². The van der Waals surface area contributed by atoms with E-state index in [1.807, 2.05) is 6.92 Å². The van der Waals surface area contributed by atoms with E-state index in [1.54, 1.807) is 0 Å². The van der Waals surface area contributed by atoms with Crippen molar-refractivity contribution in [2.24, 2.45) is 0 Å². The molecule has 1 amide bonds. The number of pyridine rings is 1. The Hall–Kier alpha value is -1.73. The Morgan fingerprint density at radius 3 is 3.00 bits per heavy atom. The summed E-state index contributed by atoms with van der Waals surface area (Å²) in [6.07, 6.45) is 1.64. The van der Waals surface area contributed by atoms with Gasteiger partial charge in [-0.3, -0.25) is 14.9 Å². The number of nitrogens with zero attached hydrogens (tertiary/aromatic N) is 2. The average molecular weight is 286 g/mol. The van der Waals surface area contributed by atoms with Crippen LogP contribution in [0.2, 0.25) is 5.15 Å². The third-order valence-electron chi connectivity index (χ3n) is 2.92. The molecule has 0 aromatic carbocycles. The molecule has 0 saturated carbocycles. The van der Waals surface area contributed by atoms with Crippen molar-refractivity contribution in [3.05, 3.63) is 33.1 Å². The quantitative estimate of drug-likeness (QED) is 0.516. The SMILES string of the molecule is CC1(NC(=O)c2cc(Cl)ncc2[N+](=O)[O-])CCOC1. The van der Waals surface area contributed by atoms with Gasteiger partial charge in [-0.15, -0.1) is 0 Å². The van der Waals surface area contributed by atoms with Crippen LogP contribution in [0.1, 0.15) is 23.7 Å². The molecule has 1 aliphatic rings. The Morgan fingerprint density at radius 1 is 1.68 bits per heavy atom. The molecular weight excluding hydrogens is 274 g/mol. The van der Waals surface area contributed by atoms with Gasteiger partial charge in [0.1, 0.15) is 16.9 Å². The largest absolute Gasteiger partial charge is 0.379 e. The second-order valence-electron chi connectivity index (χ2n) is 4.60. The predicted molar refractivity (Wildman–Crippen MR) is 67.2 cm³/mol. The fourth-order valence-electron chi connectivity index (χ4n) is 1.86. The second-order valence-corrected chi connectivity index (χ2v) is 4.99. The molecule has 0 bridgehead atoms. The number of hydrogen-bond acceptors (Lipinski definition) is 5. The van der Waals surface area contributed by atoms with E-state index in [9.17, 15) is 14.9 Å². The molecule has 19 heavy (non-hydrogen) atoms. The van der Waals surface area contributed by atoms with Crippen LogP contribution in [0, 0.1) is 10.1 Å². The predicted octanol–water partition coefficient (Wildman–Crippen LogP) is 1.55. The number of aromatic nitrogens is 1. The summed E-state index contributed by atoms with van der Waals surface area (Å²) < 4.78 is 5.21. The Kier molecular flexibility index (Phi) is 3.68. The molecular formula is C11H12ClN3O4. The number of carbonyl (C=O) groups is 1. The van der Waals surface area contributed by atoms with E-state index in [2.05, 4.69) is 10.3 Å². The molecule has 1 unspecified atom stereocenters. The molecule has 1 atom stereocenters. The van der Waals surface area contributed by atoms with E-state index in [-0.39, 0.29) is 16.4 Å². The topological polar surface area (TPSA) is 94.4 Å². The monoisotopic (exact) mass is 285 g/mol. The van der Waals surface area contributed by atoms with E-state index in [4.69, 9.17) is 16.3 Å². The molecule has 0 radical (unpaired) electrons. The van der Waals surface area contributed by atoms with Crippen molar-refractivity contribution in [2.45, 2.75) is 18.9 Å². The third-order valence-corrected chi connectivity index (χ3v) is 3.13. The smallest absolute Gasteiger partial charge is 0.300 e. The maximum absolute atomic E-state index is 12.1. The van der Waals surface area contributed by atoms with Crippen molar-refractivity contribution < 1.29 is 14.5 Å². The second kappa shape index (κ2) is 5.10. The Labute approximate surface area is 114 Å². The standard InChI is InChI=1S/C11H12ClN3O4/c1-11(2-3-19-6-11)14-10(16)7-4-9(12)13-5-8(7)15(17)18/h4-5H,2-3,6H2,1H3,(H,14,16). The van der Waals surface area contributed by atoms with Gasteiger partial charge in [0.15, 0.2) is 0 Å². The van der Waals surface area contributed by atoms with Crippen LogP contribution < -0.4 is 5.32 Å². The summed E-state index contributed by atoms with van der Waals surface area (Å²) in [7, 11) is 0.